The van der Waals surface area contributed by atoms with Gasteiger partial charge in [0, 0.05) is 10.7 Å². The molecular weight excluding hydrogens is 366 g/mol. The van der Waals surface area contributed by atoms with Crippen molar-refractivity contribution in [2.24, 2.45) is 0 Å². The van der Waals surface area contributed by atoms with E-state index in [1.165, 1.54) is 6.07 Å². The van der Waals surface area contributed by atoms with Gasteiger partial charge in [-0.05, 0) is 46.3 Å². The molecule has 0 amide bonds. The fourth-order valence-corrected chi connectivity index (χ4v) is 1.98. The van der Waals surface area contributed by atoms with Crippen LogP contribution in [0.2, 0.25) is 0 Å². The number of nitrogens with zero attached hydrogens (tertiary/aromatic N) is 1. The molecule has 2 rings (SSSR count). The molecule has 1 aromatic carbocycles. The lowest BCUT2D eigenvalue weighted by Crippen LogP contribution is -2.00. The number of aromatic nitrogens is 1. The number of hydrogen-bond acceptors (Lipinski definition) is 3. The summed E-state index contributed by atoms with van der Waals surface area (Å²) in [7, 11) is 0. The highest BCUT2D eigenvalue weighted by atomic mass is 79.9. The first kappa shape index (κ1) is 13.0. The highest BCUT2D eigenvalue weighted by Crippen LogP contribution is 2.31. The topological polar surface area (TPSA) is 59.4 Å². The Hall–Kier alpha value is -1.40. The van der Waals surface area contributed by atoms with Crippen LogP contribution < -0.4 is 4.74 Å². The third-order valence-electron chi connectivity index (χ3n) is 2.11. The molecule has 1 N–H and O–H groups in total. The van der Waals surface area contributed by atoms with Crippen LogP contribution in [0.4, 0.5) is 0 Å². The molecule has 1 aromatic heterocycles. The Morgan fingerprint density at radius 2 is 2.06 bits per heavy atom. The monoisotopic (exact) mass is 371 g/mol. The van der Waals surface area contributed by atoms with E-state index in [2.05, 4.69) is 36.8 Å². The minimum absolute atomic E-state index is 0.0794. The molecule has 2 aromatic rings. The molecule has 6 heteroatoms. The summed E-state index contributed by atoms with van der Waals surface area (Å²) in [5.74, 6) is -0.501. The van der Waals surface area contributed by atoms with Crippen LogP contribution in [0.15, 0.2) is 45.5 Å². The maximum absolute atomic E-state index is 11.1. The first-order valence-electron chi connectivity index (χ1n) is 4.89. The summed E-state index contributed by atoms with van der Waals surface area (Å²) in [6.07, 6.45) is 1.57. The molecule has 0 aliphatic rings. The van der Waals surface area contributed by atoms with Gasteiger partial charge in [0.1, 0.15) is 11.3 Å². The predicted molar refractivity (Wildman–Crippen MR) is 73.1 cm³/mol. The number of halogens is 2. The van der Waals surface area contributed by atoms with Gasteiger partial charge in [0.2, 0.25) is 5.88 Å². The first-order chi connectivity index (χ1) is 8.58. The molecule has 0 saturated heterocycles. The van der Waals surface area contributed by atoms with Gasteiger partial charge < -0.3 is 9.84 Å². The average Bonchev–Trinajstić information content (AvgIpc) is 2.32. The van der Waals surface area contributed by atoms with Crippen molar-refractivity contribution in [3.8, 4) is 11.6 Å². The molecule has 18 heavy (non-hydrogen) atoms. The van der Waals surface area contributed by atoms with E-state index in [0.29, 0.717) is 10.4 Å². The van der Waals surface area contributed by atoms with Crippen LogP contribution >= 0.6 is 31.9 Å². The van der Waals surface area contributed by atoms with Crippen LogP contribution in [0, 0.1) is 0 Å². The molecule has 0 spiro atoms. The summed E-state index contributed by atoms with van der Waals surface area (Å²) in [6.45, 7) is 0. The number of rotatable bonds is 3. The van der Waals surface area contributed by atoms with Gasteiger partial charge in [0.25, 0.3) is 0 Å². The Labute approximate surface area is 120 Å². The predicted octanol–water partition coefficient (Wildman–Crippen LogP) is 4.10. The molecule has 0 bridgehead atoms. The van der Waals surface area contributed by atoms with Gasteiger partial charge in [0.15, 0.2) is 0 Å². The molecule has 0 atom stereocenters. The van der Waals surface area contributed by atoms with Crippen molar-refractivity contribution in [2.75, 3.05) is 0 Å². The number of carbonyl (C=O) groups is 1. The molecule has 0 aliphatic heterocycles. The van der Waals surface area contributed by atoms with Crippen molar-refractivity contribution in [1.29, 1.82) is 0 Å². The lowest BCUT2D eigenvalue weighted by Gasteiger charge is -2.09. The highest BCUT2D eigenvalue weighted by molar-refractivity contribution is 9.10. The van der Waals surface area contributed by atoms with E-state index in [4.69, 9.17) is 9.84 Å². The van der Waals surface area contributed by atoms with Gasteiger partial charge in [-0.25, -0.2) is 9.78 Å². The zero-order chi connectivity index (χ0) is 13.1. The van der Waals surface area contributed by atoms with Crippen LogP contribution in [0.1, 0.15) is 10.4 Å². The van der Waals surface area contributed by atoms with Crippen molar-refractivity contribution in [3.63, 3.8) is 0 Å². The van der Waals surface area contributed by atoms with Crippen molar-refractivity contribution in [2.45, 2.75) is 0 Å². The zero-order valence-electron chi connectivity index (χ0n) is 8.93. The van der Waals surface area contributed by atoms with Gasteiger partial charge in [-0.3, -0.25) is 0 Å². The maximum atomic E-state index is 11.1. The third-order valence-corrected chi connectivity index (χ3v) is 3.20. The van der Waals surface area contributed by atoms with Crippen LogP contribution in [0.3, 0.4) is 0 Å². The fourth-order valence-electron chi connectivity index (χ4n) is 1.31. The number of benzene rings is 1. The van der Waals surface area contributed by atoms with Gasteiger partial charge >= 0.3 is 5.97 Å². The second-order valence-corrected chi connectivity index (χ2v) is 5.11. The third kappa shape index (κ3) is 2.88. The number of carboxylic acids is 1. The SMILES string of the molecule is O=C(O)c1ccc(Br)cc1Oc1ncccc1Br. The van der Waals surface area contributed by atoms with E-state index in [-0.39, 0.29) is 11.3 Å². The molecule has 4 nitrogen and oxygen atoms in total. The molecule has 92 valence electrons. The summed E-state index contributed by atoms with van der Waals surface area (Å²) in [4.78, 5) is 15.1. The Kier molecular flexibility index (Phi) is 3.98. The Balaban J connectivity index is 2.42. The molecule has 1 heterocycles. The second kappa shape index (κ2) is 5.49. The van der Waals surface area contributed by atoms with Crippen LogP contribution in [0.25, 0.3) is 0 Å². The summed E-state index contributed by atoms with van der Waals surface area (Å²) in [5.41, 5.74) is 0.0794. The number of hydrogen-bond donors (Lipinski definition) is 1. The molecule has 0 radical (unpaired) electrons. The van der Waals surface area contributed by atoms with Gasteiger partial charge in [-0.15, -0.1) is 0 Å². The summed E-state index contributed by atoms with van der Waals surface area (Å²) >= 11 is 6.56. The number of pyridine rings is 1. The van der Waals surface area contributed by atoms with E-state index in [0.717, 1.165) is 4.47 Å². The normalized spacial score (nSPS) is 10.1. The Morgan fingerprint density at radius 3 is 2.72 bits per heavy atom. The fraction of sp³-hybridized carbons (Fsp3) is 0. The Bertz CT molecular complexity index is 602. The van der Waals surface area contributed by atoms with Crippen molar-refractivity contribution in [3.05, 3.63) is 51.0 Å². The zero-order valence-corrected chi connectivity index (χ0v) is 12.1. The van der Waals surface area contributed by atoms with E-state index in [9.17, 15) is 4.79 Å². The van der Waals surface area contributed by atoms with E-state index < -0.39 is 5.97 Å². The first-order valence-corrected chi connectivity index (χ1v) is 6.48. The maximum Gasteiger partial charge on any atom is 0.339 e. The summed E-state index contributed by atoms with van der Waals surface area (Å²) in [6, 6.07) is 8.21. The van der Waals surface area contributed by atoms with E-state index in [1.54, 1.807) is 30.5 Å². The minimum atomic E-state index is -1.05. The summed E-state index contributed by atoms with van der Waals surface area (Å²) in [5, 5.41) is 9.08. The van der Waals surface area contributed by atoms with Gasteiger partial charge in [-0.1, -0.05) is 15.9 Å². The standard InChI is InChI=1S/C12H7Br2NO3/c13-7-3-4-8(12(16)17)10(6-7)18-11-9(14)2-1-5-15-11/h1-6H,(H,16,17). The number of ether oxygens (including phenoxy) is 1. The van der Waals surface area contributed by atoms with Crippen LogP contribution in [0.5, 0.6) is 11.6 Å². The smallest absolute Gasteiger partial charge is 0.339 e. The molecule has 0 unspecified atom stereocenters. The minimum Gasteiger partial charge on any atom is -0.478 e. The lowest BCUT2D eigenvalue weighted by atomic mass is 10.2. The molecular formula is C12H7Br2NO3. The summed E-state index contributed by atoms with van der Waals surface area (Å²) < 4.78 is 6.90. The number of aromatic carboxylic acids is 1. The average molecular weight is 373 g/mol. The molecule has 0 fully saturated rings. The molecule has 0 aliphatic carbocycles. The second-order valence-electron chi connectivity index (χ2n) is 3.34. The van der Waals surface area contributed by atoms with E-state index in [1.807, 2.05) is 0 Å². The van der Waals surface area contributed by atoms with Crippen LogP contribution in [-0.2, 0) is 0 Å². The molecule has 0 saturated carbocycles. The van der Waals surface area contributed by atoms with Crippen molar-refractivity contribution in [1.82, 2.24) is 4.98 Å². The Morgan fingerprint density at radius 1 is 1.28 bits per heavy atom. The lowest BCUT2D eigenvalue weighted by molar-refractivity contribution is 0.0694. The van der Waals surface area contributed by atoms with Crippen molar-refractivity contribution >= 4 is 37.8 Å². The van der Waals surface area contributed by atoms with Gasteiger partial charge in [-0.2, -0.15) is 0 Å². The largest absolute Gasteiger partial charge is 0.478 e. The van der Waals surface area contributed by atoms with Crippen LogP contribution in [-0.4, -0.2) is 16.1 Å². The van der Waals surface area contributed by atoms with Gasteiger partial charge in [0.05, 0.1) is 4.47 Å². The number of carboxylic acid groups (broad SMARTS) is 1. The quantitative estimate of drug-likeness (QED) is 0.881. The van der Waals surface area contributed by atoms with E-state index >= 15 is 0 Å². The van der Waals surface area contributed by atoms with Crippen molar-refractivity contribution < 1.29 is 14.6 Å². The highest BCUT2D eigenvalue weighted by Gasteiger charge is 2.14.